The van der Waals surface area contributed by atoms with Crippen LogP contribution in [0, 0.1) is 5.41 Å². The number of carboxylic acid groups (broad SMARTS) is 3. The lowest BCUT2D eigenvalue weighted by atomic mass is 9.81. The van der Waals surface area contributed by atoms with Crippen molar-refractivity contribution in [2.24, 2.45) is 5.41 Å². The molecule has 0 atom stereocenters. The molecule has 0 unspecified atom stereocenters. The van der Waals surface area contributed by atoms with Crippen molar-refractivity contribution in [1.82, 2.24) is 9.55 Å². The second-order valence-corrected chi connectivity index (χ2v) is 5.05. The van der Waals surface area contributed by atoms with Crippen LogP contribution >= 0.6 is 0 Å². The van der Waals surface area contributed by atoms with Gasteiger partial charge in [0, 0.05) is 25.4 Å². The minimum absolute atomic E-state index is 0.315. The van der Waals surface area contributed by atoms with Gasteiger partial charge in [-0.2, -0.15) is 0 Å². The molecule has 8 nitrogen and oxygen atoms in total. The highest BCUT2D eigenvalue weighted by Crippen LogP contribution is 2.25. The highest BCUT2D eigenvalue weighted by molar-refractivity contribution is 6.16. The molecule has 120 valence electrons. The molecule has 3 N–H and O–H groups in total. The Morgan fingerprint density at radius 2 is 1.65 bits per heavy atom. The zero-order valence-electron chi connectivity index (χ0n) is 11.9. The number of carboxylic acids is 3. The highest BCUT2D eigenvalue weighted by Gasteiger charge is 2.54. The van der Waals surface area contributed by atoms with Crippen LogP contribution in [-0.2, 0) is 27.3 Å². The molecule has 0 aliphatic carbocycles. The maximum absolute atomic E-state index is 11.3. The van der Waals surface area contributed by atoms with Crippen LogP contribution in [0.5, 0.6) is 0 Å². The summed E-state index contributed by atoms with van der Waals surface area (Å²) >= 11 is 0. The Bertz CT molecular complexity index is 702. The van der Waals surface area contributed by atoms with Crippen LogP contribution in [0.25, 0.3) is 0 Å². The highest BCUT2D eigenvalue weighted by atomic mass is 16.4. The van der Waals surface area contributed by atoms with Crippen LogP contribution in [0.15, 0.2) is 43.0 Å². The number of aromatic nitrogens is 2. The predicted molar refractivity (Wildman–Crippen MR) is 76.8 cm³/mol. The third-order valence-electron chi connectivity index (χ3n) is 3.48. The smallest absolute Gasteiger partial charge is 0.333 e. The predicted octanol–water partition coefficient (Wildman–Crippen LogP) is 0.714. The maximum Gasteiger partial charge on any atom is 0.333 e. The summed E-state index contributed by atoms with van der Waals surface area (Å²) in [5.74, 6) is -5.72. The summed E-state index contributed by atoms with van der Waals surface area (Å²) in [5.41, 5.74) is -1.82. The molecule has 0 bridgehead atoms. The summed E-state index contributed by atoms with van der Waals surface area (Å²) in [4.78, 5) is 37.7. The standard InChI is InChI=1S/C15H14N2O6/c18-12(19)15(13(20)21,14(22)23)7-10-2-1-3-11(6-10)8-17-5-4-16-9-17/h1-6,9H,7-8H2,(H,18,19)(H,20,21)(H,22,23). The van der Waals surface area contributed by atoms with Gasteiger partial charge in [0.05, 0.1) is 6.33 Å². The van der Waals surface area contributed by atoms with Crippen LogP contribution in [-0.4, -0.2) is 42.8 Å². The Kier molecular flexibility index (Phi) is 4.44. The molecule has 1 aromatic heterocycles. The van der Waals surface area contributed by atoms with Crippen LogP contribution in [0.1, 0.15) is 11.1 Å². The fourth-order valence-corrected chi connectivity index (χ4v) is 2.24. The molecule has 0 saturated carbocycles. The zero-order valence-corrected chi connectivity index (χ0v) is 11.9. The van der Waals surface area contributed by atoms with E-state index in [0.717, 1.165) is 5.56 Å². The van der Waals surface area contributed by atoms with E-state index in [1.165, 1.54) is 6.07 Å². The second-order valence-electron chi connectivity index (χ2n) is 5.05. The molecular weight excluding hydrogens is 304 g/mol. The second kappa shape index (κ2) is 6.30. The number of hydrogen-bond acceptors (Lipinski definition) is 4. The number of carbonyl (C=O) groups is 3. The summed E-state index contributed by atoms with van der Waals surface area (Å²) in [6.45, 7) is 0.452. The number of rotatable bonds is 7. The van der Waals surface area contributed by atoms with E-state index in [1.807, 2.05) is 0 Å². The monoisotopic (exact) mass is 318 g/mol. The van der Waals surface area contributed by atoms with Crippen molar-refractivity contribution < 1.29 is 29.7 Å². The molecule has 2 rings (SSSR count). The largest absolute Gasteiger partial charge is 0.480 e. The Morgan fingerprint density at radius 3 is 2.17 bits per heavy atom. The first-order valence-electron chi connectivity index (χ1n) is 6.60. The fraction of sp³-hybridized carbons (Fsp3) is 0.200. The minimum Gasteiger partial charge on any atom is -0.480 e. The fourth-order valence-electron chi connectivity index (χ4n) is 2.24. The van der Waals surface area contributed by atoms with Gasteiger partial charge in [-0.15, -0.1) is 0 Å². The van der Waals surface area contributed by atoms with E-state index in [-0.39, 0.29) is 0 Å². The van der Waals surface area contributed by atoms with Crippen molar-refractivity contribution in [2.45, 2.75) is 13.0 Å². The van der Waals surface area contributed by atoms with Crippen molar-refractivity contribution in [2.75, 3.05) is 0 Å². The van der Waals surface area contributed by atoms with Gasteiger partial charge in [0.15, 0.2) is 0 Å². The van der Waals surface area contributed by atoms with Crippen molar-refractivity contribution in [3.8, 4) is 0 Å². The summed E-state index contributed by atoms with van der Waals surface area (Å²) in [5, 5.41) is 27.4. The summed E-state index contributed by atoms with van der Waals surface area (Å²) < 4.78 is 1.78. The van der Waals surface area contributed by atoms with E-state index in [0.29, 0.717) is 12.1 Å². The van der Waals surface area contributed by atoms with Gasteiger partial charge in [-0.3, -0.25) is 14.4 Å². The maximum atomic E-state index is 11.3. The third-order valence-corrected chi connectivity index (χ3v) is 3.48. The molecule has 23 heavy (non-hydrogen) atoms. The normalized spacial score (nSPS) is 11.1. The van der Waals surface area contributed by atoms with E-state index in [1.54, 1.807) is 41.5 Å². The Labute approximate surface area is 130 Å². The zero-order chi connectivity index (χ0) is 17.0. The molecule has 8 heteroatoms. The van der Waals surface area contributed by atoms with Crippen molar-refractivity contribution in [1.29, 1.82) is 0 Å². The van der Waals surface area contributed by atoms with E-state index < -0.39 is 29.7 Å². The number of imidazole rings is 1. The summed E-state index contributed by atoms with van der Waals surface area (Å²) in [7, 11) is 0. The average molecular weight is 318 g/mol. The van der Waals surface area contributed by atoms with Crippen molar-refractivity contribution in [3.05, 3.63) is 54.1 Å². The van der Waals surface area contributed by atoms with Gasteiger partial charge in [-0.1, -0.05) is 24.3 Å². The Balaban J connectivity index is 2.32. The van der Waals surface area contributed by atoms with E-state index in [4.69, 9.17) is 15.3 Å². The molecule has 2 aromatic rings. The first kappa shape index (κ1) is 16.2. The molecule has 0 amide bonds. The SMILES string of the molecule is O=C(O)C(Cc1cccc(Cn2ccnc2)c1)(C(=O)O)C(=O)O. The molecular formula is C15H14N2O6. The molecule has 1 heterocycles. The summed E-state index contributed by atoms with van der Waals surface area (Å²) in [6, 6.07) is 6.48. The van der Waals surface area contributed by atoms with Gasteiger partial charge >= 0.3 is 17.9 Å². The van der Waals surface area contributed by atoms with E-state index in [9.17, 15) is 14.4 Å². The summed E-state index contributed by atoms with van der Waals surface area (Å²) in [6.07, 6.45) is 4.30. The van der Waals surface area contributed by atoms with E-state index in [2.05, 4.69) is 4.98 Å². The van der Waals surface area contributed by atoms with Gasteiger partial charge in [0.25, 0.3) is 5.41 Å². The topological polar surface area (TPSA) is 130 Å². The molecule has 1 aromatic carbocycles. The molecule has 0 spiro atoms. The molecule has 0 saturated heterocycles. The molecule has 0 radical (unpaired) electrons. The van der Waals surface area contributed by atoms with E-state index >= 15 is 0 Å². The molecule has 0 aliphatic heterocycles. The van der Waals surface area contributed by atoms with Gasteiger partial charge in [0.2, 0.25) is 0 Å². The lowest BCUT2D eigenvalue weighted by Crippen LogP contribution is -2.48. The minimum atomic E-state index is -2.91. The Hall–Kier alpha value is -3.16. The lowest BCUT2D eigenvalue weighted by molar-refractivity contribution is -0.175. The average Bonchev–Trinajstić information content (AvgIpc) is 2.97. The van der Waals surface area contributed by atoms with Crippen LogP contribution in [0.2, 0.25) is 0 Å². The first-order valence-corrected chi connectivity index (χ1v) is 6.60. The van der Waals surface area contributed by atoms with Crippen molar-refractivity contribution in [3.63, 3.8) is 0 Å². The van der Waals surface area contributed by atoms with Crippen LogP contribution in [0.4, 0.5) is 0 Å². The number of nitrogens with zero attached hydrogens (tertiary/aromatic N) is 2. The first-order chi connectivity index (χ1) is 10.9. The van der Waals surface area contributed by atoms with Gasteiger partial charge in [0.1, 0.15) is 0 Å². The third kappa shape index (κ3) is 3.20. The number of hydrogen-bond donors (Lipinski definition) is 3. The quantitative estimate of drug-likeness (QED) is 0.641. The van der Waals surface area contributed by atoms with Crippen molar-refractivity contribution >= 4 is 17.9 Å². The Morgan fingerprint density at radius 1 is 1.04 bits per heavy atom. The van der Waals surface area contributed by atoms with Gasteiger partial charge < -0.3 is 19.9 Å². The van der Waals surface area contributed by atoms with Crippen LogP contribution in [0.3, 0.4) is 0 Å². The number of aliphatic carboxylic acids is 3. The van der Waals surface area contributed by atoms with Crippen LogP contribution < -0.4 is 0 Å². The van der Waals surface area contributed by atoms with Gasteiger partial charge in [-0.25, -0.2) is 4.98 Å². The molecule has 0 fully saturated rings. The number of benzene rings is 1. The lowest BCUT2D eigenvalue weighted by Gasteiger charge is -2.20. The van der Waals surface area contributed by atoms with Gasteiger partial charge in [-0.05, 0) is 11.1 Å². The molecule has 0 aliphatic rings.